The van der Waals surface area contributed by atoms with E-state index in [0.717, 1.165) is 5.39 Å². The van der Waals surface area contributed by atoms with Crippen molar-refractivity contribution in [3.63, 3.8) is 0 Å². The minimum Gasteiger partial charge on any atom is -0.368 e. The molecule has 0 saturated heterocycles. The van der Waals surface area contributed by atoms with Crippen molar-refractivity contribution in [1.82, 2.24) is 4.98 Å². The minimum absolute atomic E-state index is 0.0789. The van der Waals surface area contributed by atoms with Crippen molar-refractivity contribution >= 4 is 16.6 Å². The molecule has 2 aromatic rings. The highest BCUT2D eigenvalue weighted by Crippen LogP contribution is 2.12. The number of rotatable bonds is 3. The molecule has 0 fully saturated rings. The Morgan fingerprint density at radius 2 is 2.19 bits per heavy atom. The Morgan fingerprint density at radius 1 is 1.44 bits per heavy atom. The monoisotopic (exact) mass is 217 g/mol. The van der Waals surface area contributed by atoms with Crippen molar-refractivity contribution in [3.05, 3.63) is 40.7 Å². The van der Waals surface area contributed by atoms with Crippen molar-refractivity contribution in [2.24, 2.45) is 5.73 Å². The van der Waals surface area contributed by atoms with E-state index >= 15 is 0 Å². The van der Waals surface area contributed by atoms with Crippen LogP contribution in [0.25, 0.3) is 10.8 Å². The molecule has 1 aromatic carbocycles. The Kier molecular flexibility index (Phi) is 2.92. The predicted molar refractivity (Wildman–Crippen MR) is 66.7 cm³/mol. The second-order valence-electron chi connectivity index (χ2n) is 3.88. The second kappa shape index (κ2) is 4.37. The molecule has 0 spiro atoms. The largest absolute Gasteiger partial charge is 0.368 e. The van der Waals surface area contributed by atoms with Crippen LogP contribution in [0.4, 0.5) is 5.82 Å². The summed E-state index contributed by atoms with van der Waals surface area (Å²) < 4.78 is 0. The zero-order valence-corrected chi connectivity index (χ0v) is 9.16. The van der Waals surface area contributed by atoms with Crippen LogP contribution in [-0.2, 0) is 0 Å². The molecule has 2 rings (SSSR count). The van der Waals surface area contributed by atoms with Crippen LogP contribution in [0.5, 0.6) is 0 Å². The second-order valence-corrected chi connectivity index (χ2v) is 3.88. The minimum atomic E-state index is -0.0789. The van der Waals surface area contributed by atoms with Crippen LogP contribution in [0.1, 0.15) is 6.92 Å². The number of nitrogens with one attached hydrogen (secondary N) is 2. The molecule has 1 atom stereocenters. The lowest BCUT2D eigenvalue weighted by Crippen LogP contribution is -2.26. The molecule has 1 unspecified atom stereocenters. The van der Waals surface area contributed by atoms with Gasteiger partial charge in [0, 0.05) is 18.0 Å². The summed E-state index contributed by atoms with van der Waals surface area (Å²) in [4.78, 5) is 14.5. The Bertz CT molecular complexity index is 547. The quantitative estimate of drug-likeness (QED) is 0.725. The molecule has 0 bridgehead atoms. The van der Waals surface area contributed by atoms with E-state index in [1.165, 1.54) is 0 Å². The fraction of sp³-hybridized carbons (Fsp3) is 0.250. The molecule has 0 radical (unpaired) electrons. The smallest absolute Gasteiger partial charge is 0.257 e. The lowest BCUT2D eigenvalue weighted by atomic mass is 10.2. The molecular weight excluding hydrogens is 202 g/mol. The Balaban J connectivity index is 2.46. The summed E-state index contributed by atoms with van der Waals surface area (Å²) in [6.07, 6.45) is 0. The van der Waals surface area contributed by atoms with Crippen molar-refractivity contribution in [3.8, 4) is 0 Å². The third-order valence-electron chi connectivity index (χ3n) is 2.51. The van der Waals surface area contributed by atoms with Crippen LogP contribution in [0.15, 0.2) is 35.1 Å². The van der Waals surface area contributed by atoms with Gasteiger partial charge in [0.05, 0.1) is 0 Å². The molecule has 0 saturated carbocycles. The van der Waals surface area contributed by atoms with Crippen molar-refractivity contribution in [2.75, 3.05) is 11.9 Å². The first-order chi connectivity index (χ1) is 7.70. The highest BCUT2D eigenvalue weighted by molar-refractivity contribution is 5.83. The summed E-state index contributed by atoms with van der Waals surface area (Å²) in [5, 5.41) is 4.77. The van der Waals surface area contributed by atoms with Gasteiger partial charge in [-0.15, -0.1) is 0 Å². The Morgan fingerprint density at radius 3 is 2.94 bits per heavy atom. The molecule has 4 nitrogen and oxygen atoms in total. The number of benzene rings is 1. The van der Waals surface area contributed by atoms with Crippen LogP contribution < -0.4 is 16.6 Å². The molecule has 16 heavy (non-hydrogen) atoms. The molecule has 0 aliphatic rings. The Labute approximate surface area is 93.5 Å². The SMILES string of the molecule is CC(CN)Nc1cc2ccccc2c(=O)[nH]1. The van der Waals surface area contributed by atoms with Crippen LogP contribution in [0.2, 0.25) is 0 Å². The summed E-state index contributed by atoms with van der Waals surface area (Å²) >= 11 is 0. The summed E-state index contributed by atoms with van der Waals surface area (Å²) in [5.41, 5.74) is 5.44. The number of anilines is 1. The highest BCUT2D eigenvalue weighted by Gasteiger charge is 2.03. The van der Waals surface area contributed by atoms with Gasteiger partial charge in [-0.1, -0.05) is 18.2 Å². The van der Waals surface area contributed by atoms with Crippen LogP contribution in [-0.4, -0.2) is 17.6 Å². The van der Waals surface area contributed by atoms with Crippen molar-refractivity contribution in [2.45, 2.75) is 13.0 Å². The van der Waals surface area contributed by atoms with Gasteiger partial charge in [0.2, 0.25) is 0 Å². The van der Waals surface area contributed by atoms with Gasteiger partial charge in [0.1, 0.15) is 5.82 Å². The number of pyridine rings is 1. The third kappa shape index (κ3) is 2.06. The molecule has 84 valence electrons. The number of aromatic amines is 1. The van der Waals surface area contributed by atoms with Crippen LogP contribution >= 0.6 is 0 Å². The standard InChI is InChI=1S/C12H15N3O/c1-8(7-13)14-11-6-9-4-2-3-5-10(9)12(16)15-11/h2-6,8H,7,13H2,1H3,(H2,14,15,16). The first-order valence-corrected chi connectivity index (χ1v) is 5.29. The maximum Gasteiger partial charge on any atom is 0.257 e. The lowest BCUT2D eigenvalue weighted by Gasteiger charge is -2.12. The first kappa shape index (κ1) is 10.7. The zero-order chi connectivity index (χ0) is 11.5. The van der Waals surface area contributed by atoms with E-state index in [9.17, 15) is 4.79 Å². The van der Waals surface area contributed by atoms with Gasteiger partial charge in [0.25, 0.3) is 5.56 Å². The number of hydrogen-bond acceptors (Lipinski definition) is 3. The topological polar surface area (TPSA) is 70.9 Å². The van der Waals surface area contributed by atoms with E-state index in [1.807, 2.05) is 37.3 Å². The first-order valence-electron chi connectivity index (χ1n) is 5.29. The summed E-state index contributed by atoms with van der Waals surface area (Å²) in [7, 11) is 0. The van der Waals surface area contributed by atoms with Crippen molar-refractivity contribution in [1.29, 1.82) is 0 Å². The van der Waals surface area contributed by atoms with Gasteiger partial charge in [0.15, 0.2) is 0 Å². The van der Waals surface area contributed by atoms with E-state index < -0.39 is 0 Å². The zero-order valence-electron chi connectivity index (χ0n) is 9.16. The van der Waals surface area contributed by atoms with E-state index in [4.69, 9.17) is 5.73 Å². The molecule has 1 heterocycles. The Hall–Kier alpha value is -1.81. The van der Waals surface area contributed by atoms with Gasteiger partial charge in [-0.3, -0.25) is 4.79 Å². The summed E-state index contributed by atoms with van der Waals surface area (Å²) in [5.74, 6) is 0.710. The van der Waals surface area contributed by atoms with Crippen LogP contribution in [0.3, 0.4) is 0 Å². The average Bonchev–Trinajstić information content (AvgIpc) is 2.29. The average molecular weight is 217 g/mol. The van der Waals surface area contributed by atoms with Crippen molar-refractivity contribution < 1.29 is 0 Å². The highest BCUT2D eigenvalue weighted by atomic mass is 16.1. The van der Waals surface area contributed by atoms with Gasteiger partial charge >= 0.3 is 0 Å². The number of fused-ring (bicyclic) bond motifs is 1. The molecule has 0 aliphatic heterocycles. The van der Waals surface area contributed by atoms with Gasteiger partial charge in [-0.2, -0.15) is 0 Å². The van der Waals surface area contributed by atoms with E-state index in [2.05, 4.69) is 10.3 Å². The molecular formula is C12H15N3O. The number of hydrogen-bond donors (Lipinski definition) is 3. The third-order valence-corrected chi connectivity index (χ3v) is 2.51. The fourth-order valence-electron chi connectivity index (χ4n) is 1.61. The molecule has 4 heteroatoms. The summed E-state index contributed by atoms with van der Waals surface area (Å²) in [6.45, 7) is 2.49. The van der Waals surface area contributed by atoms with Crippen LogP contribution in [0, 0.1) is 0 Å². The number of nitrogens with two attached hydrogens (primary N) is 1. The molecule has 4 N–H and O–H groups in total. The van der Waals surface area contributed by atoms with Gasteiger partial charge in [-0.05, 0) is 24.4 Å². The van der Waals surface area contributed by atoms with Gasteiger partial charge in [-0.25, -0.2) is 0 Å². The summed E-state index contributed by atoms with van der Waals surface area (Å²) in [6, 6.07) is 9.55. The maximum absolute atomic E-state index is 11.7. The fourth-order valence-corrected chi connectivity index (χ4v) is 1.61. The maximum atomic E-state index is 11.7. The number of H-pyrrole nitrogens is 1. The van der Waals surface area contributed by atoms with E-state index in [1.54, 1.807) is 0 Å². The van der Waals surface area contributed by atoms with Gasteiger partial charge < -0.3 is 16.0 Å². The molecule has 0 aliphatic carbocycles. The molecule has 0 amide bonds. The normalized spacial score (nSPS) is 12.6. The van der Waals surface area contributed by atoms with E-state index in [-0.39, 0.29) is 11.6 Å². The lowest BCUT2D eigenvalue weighted by molar-refractivity contribution is 0.798. The van der Waals surface area contributed by atoms with E-state index in [0.29, 0.717) is 17.7 Å². The predicted octanol–water partition coefficient (Wildman–Crippen LogP) is 1.29. The molecule has 1 aromatic heterocycles. The number of aromatic nitrogens is 1.